The van der Waals surface area contributed by atoms with Crippen LogP contribution in [-0.4, -0.2) is 59.5 Å². The minimum atomic E-state index is -0.687. The Labute approximate surface area is 127 Å². The van der Waals surface area contributed by atoms with E-state index in [-0.39, 0.29) is 5.91 Å². The highest BCUT2D eigenvalue weighted by Gasteiger charge is 2.41. The molecule has 0 spiro atoms. The Hall–Kier alpha value is -1.10. The summed E-state index contributed by atoms with van der Waals surface area (Å²) in [6.07, 6.45) is 5.88. The van der Waals surface area contributed by atoms with E-state index in [1.807, 2.05) is 11.8 Å². The van der Waals surface area contributed by atoms with Gasteiger partial charge in [0.05, 0.1) is 5.41 Å². The van der Waals surface area contributed by atoms with Crippen molar-refractivity contribution < 1.29 is 14.7 Å². The monoisotopic (exact) mass is 296 g/mol. The SMILES string of the molecule is CCCC1(C(=O)O)CCN(C(=O)CCN2CCCC2)CC1. The van der Waals surface area contributed by atoms with Gasteiger partial charge in [0.2, 0.25) is 5.91 Å². The molecule has 0 aromatic heterocycles. The molecule has 0 radical (unpaired) electrons. The first-order chi connectivity index (χ1) is 10.1. The maximum Gasteiger partial charge on any atom is 0.309 e. The van der Waals surface area contributed by atoms with Crippen LogP contribution in [0.1, 0.15) is 51.9 Å². The van der Waals surface area contributed by atoms with Crippen molar-refractivity contribution in [2.75, 3.05) is 32.7 Å². The lowest BCUT2D eigenvalue weighted by Gasteiger charge is -2.39. The van der Waals surface area contributed by atoms with Gasteiger partial charge in [-0.05, 0) is 45.2 Å². The second-order valence-corrected chi connectivity index (χ2v) is 6.52. The molecule has 1 amide bonds. The number of piperidine rings is 1. The number of hydrogen-bond acceptors (Lipinski definition) is 3. The van der Waals surface area contributed by atoms with Gasteiger partial charge in [0.25, 0.3) is 0 Å². The molecule has 1 N–H and O–H groups in total. The number of carbonyl (C=O) groups is 2. The van der Waals surface area contributed by atoms with E-state index < -0.39 is 11.4 Å². The molecule has 2 saturated heterocycles. The molecule has 0 aromatic carbocycles. The zero-order valence-electron chi connectivity index (χ0n) is 13.1. The number of nitrogens with zero attached hydrogens (tertiary/aromatic N) is 2. The smallest absolute Gasteiger partial charge is 0.309 e. The predicted molar refractivity (Wildman–Crippen MR) is 81.1 cm³/mol. The van der Waals surface area contributed by atoms with E-state index in [1.165, 1.54) is 12.8 Å². The van der Waals surface area contributed by atoms with Crippen LogP contribution in [-0.2, 0) is 9.59 Å². The minimum Gasteiger partial charge on any atom is -0.481 e. The number of carbonyl (C=O) groups excluding carboxylic acids is 1. The molecule has 120 valence electrons. The van der Waals surface area contributed by atoms with Crippen LogP contribution in [0.3, 0.4) is 0 Å². The third kappa shape index (κ3) is 3.96. The van der Waals surface area contributed by atoms with E-state index in [0.717, 1.165) is 32.5 Å². The van der Waals surface area contributed by atoms with Crippen LogP contribution in [0.15, 0.2) is 0 Å². The summed E-state index contributed by atoms with van der Waals surface area (Å²) in [5.41, 5.74) is -0.597. The fourth-order valence-electron chi connectivity index (χ4n) is 3.65. The number of amides is 1. The molecule has 2 aliphatic heterocycles. The average Bonchev–Trinajstić information content (AvgIpc) is 2.99. The van der Waals surface area contributed by atoms with E-state index in [1.54, 1.807) is 0 Å². The Kier molecular flexibility index (Phi) is 5.62. The molecule has 0 bridgehead atoms. The maximum atomic E-state index is 12.2. The lowest BCUT2D eigenvalue weighted by molar-refractivity contribution is -0.155. The van der Waals surface area contributed by atoms with Crippen molar-refractivity contribution in [1.29, 1.82) is 0 Å². The summed E-state index contributed by atoms with van der Waals surface area (Å²) in [7, 11) is 0. The molecule has 2 rings (SSSR count). The van der Waals surface area contributed by atoms with Gasteiger partial charge in [-0.2, -0.15) is 0 Å². The largest absolute Gasteiger partial charge is 0.481 e. The van der Waals surface area contributed by atoms with Gasteiger partial charge in [0, 0.05) is 26.1 Å². The van der Waals surface area contributed by atoms with Crippen LogP contribution in [0.4, 0.5) is 0 Å². The van der Waals surface area contributed by atoms with Gasteiger partial charge in [-0.15, -0.1) is 0 Å². The summed E-state index contributed by atoms with van der Waals surface area (Å²) < 4.78 is 0. The van der Waals surface area contributed by atoms with Crippen molar-refractivity contribution in [3.63, 3.8) is 0 Å². The number of aliphatic carboxylic acids is 1. The van der Waals surface area contributed by atoms with Gasteiger partial charge >= 0.3 is 5.97 Å². The van der Waals surface area contributed by atoms with Crippen molar-refractivity contribution in [3.05, 3.63) is 0 Å². The number of likely N-dealkylation sites (tertiary alicyclic amines) is 2. The van der Waals surface area contributed by atoms with Crippen LogP contribution >= 0.6 is 0 Å². The highest BCUT2D eigenvalue weighted by molar-refractivity contribution is 5.78. The molecule has 0 aromatic rings. The lowest BCUT2D eigenvalue weighted by atomic mass is 9.75. The van der Waals surface area contributed by atoms with E-state index >= 15 is 0 Å². The molecule has 0 aliphatic carbocycles. The van der Waals surface area contributed by atoms with Crippen molar-refractivity contribution in [2.45, 2.75) is 51.9 Å². The molecule has 0 unspecified atom stereocenters. The van der Waals surface area contributed by atoms with E-state index in [0.29, 0.717) is 32.4 Å². The molecular formula is C16H28N2O3. The summed E-state index contributed by atoms with van der Waals surface area (Å²) in [6.45, 7) is 6.32. The van der Waals surface area contributed by atoms with Crippen molar-refractivity contribution in [3.8, 4) is 0 Å². The molecular weight excluding hydrogens is 268 g/mol. The number of rotatable bonds is 6. The van der Waals surface area contributed by atoms with Gasteiger partial charge < -0.3 is 14.9 Å². The lowest BCUT2D eigenvalue weighted by Crippen LogP contribution is -2.47. The zero-order chi connectivity index (χ0) is 15.3. The van der Waals surface area contributed by atoms with E-state index in [4.69, 9.17) is 0 Å². The molecule has 21 heavy (non-hydrogen) atoms. The van der Waals surface area contributed by atoms with Gasteiger partial charge in [-0.3, -0.25) is 9.59 Å². The highest BCUT2D eigenvalue weighted by atomic mass is 16.4. The second kappa shape index (κ2) is 7.25. The van der Waals surface area contributed by atoms with Gasteiger partial charge in [-0.25, -0.2) is 0 Å². The fraction of sp³-hybridized carbons (Fsp3) is 0.875. The third-order valence-corrected chi connectivity index (χ3v) is 5.10. The fourth-order valence-corrected chi connectivity index (χ4v) is 3.65. The zero-order valence-corrected chi connectivity index (χ0v) is 13.1. The molecule has 5 heteroatoms. The number of hydrogen-bond donors (Lipinski definition) is 1. The summed E-state index contributed by atoms with van der Waals surface area (Å²) in [4.78, 5) is 28.0. The highest BCUT2D eigenvalue weighted by Crippen LogP contribution is 2.36. The van der Waals surface area contributed by atoms with Crippen LogP contribution < -0.4 is 0 Å². The van der Waals surface area contributed by atoms with Gasteiger partial charge in [-0.1, -0.05) is 13.3 Å². The van der Waals surface area contributed by atoms with Crippen molar-refractivity contribution >= 4 is 11.9 Å². The second-order valence-electron chi connectivity index (χ2n) is 6.52. The quantitative estimate of drug-likeness (QED) is 0.814. The Morgan fingerprint density at radius 2 is 1.71 bits per heavy atom. The Morgan fingerprint density at radius 1 is 1.10 bits per heavy atom. The topological polar surface area (TPSA) is 60.9 Å². The number of carboxylic acids is 1. The predicted octanol–water partition coefficient (Wildman–Crippen LogP) is 1.97. The normalized spacial score (nSPS) is 22.4. The summed E-state index contributed by atoms with van der Waals surface area (Å²) in [5.74, 6) is -0.495. The molecule has 0 atom stereocenters. The summed E-state index contributed by atoms with van der Waals surface area (Å²) in [6, 6.07) is 0. The first kappa shape index (κ1) is 16.3. The summed E-state index contributed by atoms with van der Waals surface area (Å²) in [5, 5.41) is 9.48. The molecule has 2 fully saturated rings. The molecule has 0 saturated carbocycles. The van der Waals surface area contributed by atoms with Crippen molar-refractivity contribution in [2.24, 2.45) is 5.41 Å². The van der Waals surface area contributed by atoms with E-state index in [2.05, 4.69) is 4.90 Å². The summed E-state index contributed by atoms with van der Waals surface area (Å²) >= 11 is 0. The Bertz CT molecular complexity index is 370. The minimum absolute atomic E-state index is 0.192. The molecule has 5 nitrogen and oxygen atoms in total. The van der Waals surface area contributed by atoms with Crippen LogP contribution in [0.5, 0.6) is 0 Å². The third-order valence-electron chi connectivity index (χ3n) is 5.10. The van der Waals surface area contributed by atoms with Gasteiger partial charge in [0.1, 0.15) is 0 Å². The number of carboxylic acid groups (broad SMARTS) is 1. The Balaban J connectivity index is 1.79. The van der Waals surface area contributed by atoms with Crippen LogP contribution in [0.2, 0.25) is 0 Å². The first-order valence-electron chi connectivity index (χ1n) is 8.31. The standard InChI is InChI=1S/C16H28N2O3/c1-2-6-16(15(20)21)7-12-18(13-8-16)14(19)5-11-17-9-3-4-10-17/h2-13H2,1H3,(H,20,21). The Morgan fingerprint density at radius 3 is 2.24 bits per heavy atom. The molecule has 2 aliphatic rings. The maximum absolute atomic E-state index is 12.2. The van der Waals surface area contributed by atoms with Crippen molar-refractivity contribution in [1.82, 2.24) is 9.80 Å². The molecule has 2 heterocycles. The van der Waals surface area contributed by atoms with Crippen LogP contribution in [0.25, 0.3) is 0 Å². The first-order valence-corrected chi connectivity index (χ1v) is 8.31. The van der Waals surface area contributed by atoms with Crippen LogP contribution in [0, 0.1) is 5.41 Å². The average molecular weight is 296 g/mol. The van der Waals surface area contributed by atoms with E-state index in [9.17, 15) is 14.7 Å². The van der Waals surface area contributed by atoms with Gasteiger partial charge in [0.15, 0.2) is 0 Å².